The second-order valence-electron chi connectivity index (χ2n) is 8.10. The van der Waals surface area contributed by atoms with Crippen LogP contribution in [0, 0.1) is 6.92 Å². The van der Waals surface area contributed by atoms with Crippen LogP contribution < -0.4 is 10.1 Å². The molecule has 2 N–H and O–H groups in total. The number of phenolic OH excluding ortho intramolecular Hbond substituents is 1. The fraction of sp³-hybridized carbons (Fsp3) is 0.308. The number of ether oxygens (including phenoxy) is 1. The lowest BCUT2D eigenvalue weighted by atomic mass is 9.94. The van der Waals surface area contributed by atoms with Gasteiger partial charge in [0.05, 0.1) is 13.0 Å². The molecule has 0 saturated carbocycles. The summed E-state index contributed by atoms with van der Waals surface area (Å²) in [6.07, 6.45) is 3.15. The SMILES string of the molecule is Cc1ncc2c(c1CNC(=O)CCOc1ccccc1)CCN(Cc1ccccc1O)C2. The summed E-state index contributed by atoms with van der Waals surface area (Å²) in [5.74, 6) is 1.07. The molecule has 6 heteroatoms. The molecule has 0 radical (unpaired) electrons. The Morgan fingerprint density at radius 3 is 2.75 bits per heavy atom. The Hall–Kier alpha value is -3.38. The number of para-hydroxylation sites is 2. The Balaban J connectivity index is 1.33. The van der Waals surface area contributed by atoms with E-state index in [2.05, 4.69) is 15.2 Å². The van der Waals surface area contributed by atoms with E-state index in [0.717, 1.165) is 42.1 Å². The van der Waals surface area contributed by atoms with Crippen LogP contribution in [0.1, 0.15) is 34.4 Å². The zero-order chi connectivity index (χ0) is 22.3. The van der Waals surface area contributed by atoms with Crippen LogP contribution in [0.25, 0.3) is 0 Å². The van der Waals surface area contributed by atoms with Crippen molar-refractivity contribution < 1.29 is 14.6 Å². The molecule has 0 fully saturated rings. The Kier molecular flexibility index (Phi) is 7.02. The van der Waals surface area contributed by atoms with E-state index in [0.29, 0.717) is 31.9 Å². The molecule has 2 heterocycles. The number of aromatic hydroxyl groups is 1. The molecular formula is C26H29N3O3. The largest absolute Gasteiger partial charge is 0.508 e. The normalized spacial score (nSPS) is 13.4. The standard InChI is InChI=1S/C26H29N3O3/c1-19-24(16-28-26(31)12-14-32-22-8-3-2-4-9-22)23-11-13-29(18-21(23)15-27-19)17-20-7-5-6-10-25(20)30/h2-10,15,30H,11-14,16-18H2,1H3,(H,28,31). The number of nitrogens with zero attached hydrogens (tertiary/aromatic N) is 2. The van der Waals surface area contributed by atoms with Crippen LogP contribution in [0.2, 0.25) is 0 Å². The van der Waals surface area contributed by atoms with Crippen LogP contribution in [-0.4, -0.2) is 34.0 Å². The third-order valence-electron chi connectivity index (χ3n) is 5.86. The number of carbonyl (C=O) groups excluding carboxylic acids is 1. The Bertz CT molecular complexity index is 1070. The maximum atomic E-state index is 12.3. The average Bonchev–Trinajstić information content (AvgIpc) is 2.81. The van der Waals surface area contributed by atoms with Gasteiger partial charge in [-0.05, 0) is 48.2 Å². The first-order valence-corrected chi connectivity index (χ1v) is 11.0. The first-order chi connectivity index (χ1) is 15.6. The first-order valence-electron chi connectivity index (χ1n) is 11.0. The fourth-order valence-corrected chi connectivity index (χ4v) is 4.09. The predicted molar refractivity (Wildman–Crippen MR) is 123 cm³/mol. The van der Waals surface area contributed by atoms with E-state index in [1.165, 1.54) is 11.1 Å². The number of fused-ring (bicyclic) bond motifs is 1. The number of hydrogen-bond donors (Lipinski definition) is 2. The van der Waals surface area contributed by atoms with Crippen molar-refractivity contribution in [1.29, 1.82) is 0 Å². The number of rotatable bonds is 8. The number of benzene rings is 2. The fourth-order valence-electron chi connectivity index (χ4n) is 4.09. The third-order valence-corrected chi connectivity index (χ3v) is 5.86. The molecule has 1 aliphatic rings. The van der Waals surface area contributed by atoms with Crippen molar-refractivity contribution in [1.82, 2.24) is 15.2 Å². The topological polar surface area (TPSA) is 74.7 Å². The number of amides is 1. The maximum absolute atomic E-state index is 12.3. The van der Waals surface area contributed by atoms with Gasteiger partial charge in [-0.15, -0.1) is 0 Å². The van der Waals surface area contributed by atoms with Crippen molar-refractivity contribution in [2.24, 2.45) is 0 Å². The summed E-state index contributed by atoms with van der Waals surface area (Å²) in [5, 5.41) is 13.1. The van der Waals surface area contributed by atoms with E-state index in [1.807, 2.05) is 61.7 Å². The molecule has 0 saturated heterocycles. The van der Waals surface area contributed by atoms with Gasteiger partial charge in [-0.2, -0.15) is 0 Å². The number of phenols is 1. The molecule has 166 valence electrons. The van der Waals surface area contributed by atoms with E-state index in [-0.39, 0.29) is 5.91 Å². The number of aryl methyl sites for hydroxylation is 1. The molecule has 1 aliphatic heterocycles. The molecular weight excluding hydrogens is 402 g/mol. The zero-order valence-corrected chi connectivity index (χ0v) is 18.4. The van der Waals surface area contributed by atoms with Gasteiger partial charge in [-0.3, -0.25) is 14.7 Å². The van der Waals surface area contributed by atoms with Gasteiger partial charge in [-0.1, -0.05) is 36.4 Å². The highest BCUT2D eigenvalue weighted by Gasteiger charge is 2.21. The summed E-state index contributed by atoms with van der Waals surface area (Å²) in [6, 6.07) is 17.0. The van der Waals surface area contributed by atoms with Crippen LogP contribution in [0.4, 0.5) is 0 Å². The van der Waals surface area contributed by atoms with E-state index in [9.17, 15) is 9.90 Å². The molecule has 6 nitrogen and oxygen atoms in total. The highest BCUT2D eigenvalue weighted by Crippen LogP contribution is 2.26. The van der Waals surface area contributed by atoms with Crippen LogP contribution >= 0.6 is 0 Å². The number of pyridine rings is 1. The van der Waals surface area contributed by atoms with Crippen LogP contribution in [0.5, 0.6) is 11.5 Å². The van der Waals surface area contributed by atoms with E-state index < -0.39 is 0 Å². The zero-order valence-electron chi connectivity index (χ0n) is 18.4. The Morgan fingerprint density at radius 1 is 1.16 bits per heavy atom. The van der Waals surface area contributed by atoms with Crippen LogP contribution in [0.15, 0.2) is 60.8 Å². The molecule has 1 amide bonds. The number of carbonyl (C=O) groups is 1. The third kappa shape index (κ3) is 5.45. The summed E-state index contributed by atoms with van der Waals surface area (Å²) in [5.41, 5.74) is 5.47. The first kappa shape index (κ1) is 21.8. The van der Waals surface area contributed by atoms with E-state index in [1.54, 1.807) is 6.07 Å². The van der Waals surface area contributed by atoms with Gasteiger partial charge in [0.25, 0.3) is 0 Å². The molecule has 0 atom stereocenters. The maximum Gasteiger partial charge on any atom is 0.223 e. The van der Waals surface area contributed by atoms with Crippen LogP contribution in [0.3, 0.4) is 0 Å². The minimum absolute atomic E-state index is 0.0325. The molecule has 2 aromatic carbocycles. The summed E-state index contributed by atoms with van der Waals surface area (Å²) < 4.78 is 5.62. The molecule has 0 aliphatic carbocycles. The number of nitrogens with one attached hydrogen (secondary N) is 1. The average molecular weight is 432 g/mol. The monoisotopic (exact) mass is 431 g/mol. The second kappa shape index (κ2) is 10.3. The highest BCUT2D eigenvalue weighted by atomic mass is 16.5. The summed E-state index contributed by atoms with van der Waals surface area (Å²) in [7, 11) is 0. The molecule has 0 unspecified atom stereocenters. The van der Waals surface area contributed by atoms with E-state index in [4.69, 9.17) is 4.74 Å². The number of aromatic nitrogens is 1. The molecule has 0 bridgehead atoms. The molecule has 1 aromatic heterocycles. The van der Waals surface area contributed by atoms with Gasteiger partial charge in [0.2, 0.25) is 5.91 Å². The summed E-state index contributed by atoms with van der Waals surface area (Å²) in [4.78, 5) is 19.2. The van der Waals surface area contributed by atoms with Crippen molar-refractivity contribution in [3.05, 3.63) is 88.7 Å². The van der Waals surface area contributed by atoms with Crippen molar-refractivity contribution in [3.8, 4) is 11.5 Å². The number of hydrogen-bond acceptors (Lipinski definition) is 5. The molecule has 32 heavy (non-hydrogen) atoms. The van der Waals surface area contributed by atoms with Gasteiger partial charge in [0.15, 0.2) is 0 Å². The van der Waals surface area contributed by atoms with E-state index >= 15 is 0 Å². The lowest BCUT2D eigenvalue weighted by molar-refractivity contribution is -0.121. The van der Waals surface area contributed by atoms with Gasteiger partial charge in [-0.25, -0.2) is 0 Å². The predicted octanol–water partition coefficient (Wildman–Crippen LogP) is 3.74. The minimum atomic E-state index is -0.0325. The van der Waals surface area contributed by atoms with Gasteiger partial charge in [0, 0.05) is 43.6 Å². The Morgan fingerprint density at radius 2 is 1.94 bits per heavy atom. The lowest BCUT2D eigenvalue weighted by Gasteiger charge is -2.30. The summed E-state index contributed by atoms with van der Waals surface area (Å²) >= 11 is 0. The smallest absolute Gasteiger partial charge is 0.223 e. The lowest BCUT2D eigenvalue weighted by Crippen LogP contribution is -2.32. The van der Waals surface area contributed by atoms with Gasteiger partial charge in [0.1, 0.15) is 11.5 Å². The molecule has 0 spiro atoms. The van der Waals surface area contributed by atoms with Crippen molar-refractivity contribution in [3.63, 3.8) is 0 Å². The van der Waals surface area contributed by atoms with Crippen molar-refractivity contribution >= 4 is 5.91 Å². The van der Waals surface area contributed by atoms with Crippen molar-refractivity contribution in [2.45, 2.75) is 39.4 Å². The van der Waals surface area contributed by atoms with Crippen LogP contribution in [-0.2, 0) is 30.8 Å². The van der Waals surface area contributed by atoms with Gasteiger partial charge >= 0.3 is 0 Å². The highest BCUT2D eigenvalue weighted by molar-refractivity contribution is 5.76. The second-order valence-corrected chi connectivity index (χ2v) is 8.10. The summed E-state index contributed by atoms with van der Waals surface area (Å²) in [6.45, 7) is 5.20. The molecule has 3 aromatic rings. The van der Waals surface area contributed by atoms with Gasteiger partial charge < -0.3 is 15.2 Å². The Labute approximate surface area is 188 Å². The molecule has 4 rings (SSSR count). The minimum Gasteiger partial charge on any atom is -0.508 e. The van der Waals surface area contributed by atoms with Crippen molar-refractivity contribution in [2.75, 3.05) is 13.2 Å². The quantitative estimate of drug-likeness (QED) is 0.568.